The zero-order chi connectivity index (χ0) is 20.4. The lowest BCUT2D eigenvalue weighted by molar-refractivity contribution is -0.384. The summed E-state index contributed by atoms with van der Waals surface area (Å²) in [7, 11) is 0. The number of amides is 3. The molecule has 0 aliphatic heterocycles. The first kappa shape index (κ1) is 20.6. The van der Waals surface area contributed by atoms with Crippen LogP contribution in [-0.4, -0.2) is 29.6 Å². The smallest absolute Gasteiger partial charge is 0.319 e. The molecule has 2 aromatic carbocycles. The van der Waals surface area contributed by atoms with Gasteiger partial charge in [0.2, 0.25) is 0 Å². The van der Waals surface area contributed by atoms with Gasteiger partial charge in [-0.1, -0.05) is 48.0 Å². The summed E-state index contributed by atoms with van der Waals surface area (Å²) in [6.07, 6.45) is 4.88. The lowest BCUT2D eigenvalue weighted by Gasteiger charge is -2.08. The number of rotatable bonds is 7. The van der Waals surface area contributed by atoms with Crippen LogP contribution in [-0.2, 0) is 4.79 Å². The van der Waals surface area contributed by atoms with Crippen LogP contribution in [0.2, 0.25) is 5.02 Å². The van der Waals surface area contributed by atoms with Gasteiger partial charge < -0.3 is 10.6 Å². The second kappa shape index (κ2) is 10.4. The predicted molar refractivity (Wildman–Crippen MR) is 107 cm³/mol. The predicted octanol–water partition coefficient (Wildman–Crippen LogP) is 3.19. The van der Waals surface area contributed by atoms with Crippen LogP contribution < -0.4 is 16.1 Å². The molecule has 0 radical (unpaired) electrons. The minimum absolute atomic E-state index is 0.00334. The molecule has 0 fully saturated rings. The third-order valence-electron chi connectivity index (χ3n) is 3.26. The number of carbonyl (C=O) groups excluding carboxylic acids is 2. The number of urea groups is 1. The highest BCUT2D eigenvalue weighted by Gasteiger charge is 2.11. The fraction of sp³-hybridized carbons (Fsp3) is 0.0556. The van der Waals surface area contributed by atoms with E-state index in [2.05, 4.69) is 21.2 Å². The van der Waals surface area contributed by atoms with E-state index in [-0.39, 0.29) is 22.9 Å². The van der Waals surface area contributed by atoms with Crippen molar-refractivity contribution >= 4 is 47.2 Å². The summed E-state index contributed by atoms with van der Waals surface area (Å²) >= 11 is 5.87. The monoisotopic (exact) mass is 401 g/mol. The summed E-state index contributed by atoms with van der Waals surface area (Å²) < 4.78 is 0. The number of nitro groups is 1. The minimum Gasteiger partial charge on any atom is -0.329 e. The van der Waals surface area contributed by atoms with E-state index >= 15 is 0 Å². The fourth-order valence-corrected chi connectivity index (χ4v) is 2.18. The number of allylic oxidation sites excluding steroid dienone is 1. The van der Waals surface area contributed by atoms with E-state index in [1.54, 1.807) is 6.08 Å². The number of nitro benzene ring substituents is 1. The third kappa shape index (κ3) is 6.89. The number of hydrogen-bond acceptors (Lipinski definition) is 5. The minimum atomic E-state index is -0.696. The Labute approximate surface area is 165 Å². The fourth-order valence-electron chi connectivity index (χ4n) is 1.96. The number of hydrogen-bond donors (Lipinski definition) is 3. The molecule has 10 heteroatoms. The molecule has 0 saturated heterocycles. The largest absolute Gasteiger partial charge is 0.329 e. The summed E-state index contributed by atoms with van der Waals surface area (Å²) in [5, 5.41) is 19.1. The molecule has 0 saturated carbocycles. The first-order chi connectivity index (χ1) is 13.5. The Morgan fingerprint density at radius 1 is 1.18 bits per heavy atom. The number of nitrogens with zero attached hydrogens (tertiary/aromatic N) is 2. The van der Waals surface area contributed by atoms with Crippen molar-refractivity contribution in [1.82, 2.24) is 10.7 Å². The normalized spacial score (nSPS) is 10.8. The van der Waals surface area contributed by atoms with E-state index in [9.17, 15) is 19.7 Å². The molecule has 0 aromatic heterocycles. The second-order valence-corrected chi connectivity index (χ2v) is 5.72. The highest BCUT2D eigenvalue weighted by Crippen LogP contribution is 2.26. The molecule has 28 heavy (non-hydrogen) atoms. The number of nitrogens with one attached hydrogen (secondary N) is 3. The van der Waals surface area contributed by atoms with E-state index in [4.69, 9.17) is 11.6 Å². The lowest BCUT2D eigenvalue weighted by atomic mass is 10.2. The molecular weight excluding hydrogens is 386 g/mol. The summed E-state index contributed by atoms with van der Waals surface area (Å²) in [4.78, 5) is 33.5. The van der Waals surface area contributed by atoms with E-state index in [0.29, 0.717) is 0 Å². The van der Waals surface area contributed by atoms with Gasteiger partial charge in [-0.3, -0.25) is 14.9 Å². The Morgan fingerprint density at radius 2 is 1.93 bits per heavy atom. The van der Waals surface area contributed by atoms with Gasteiger partial charge in [-0.25, -0.2) is 10.2 Å². The molecular formula is C18H16ClN5O4. The topological polar surface area (TPSA) is 126 Å². The van der Waals surface area contributed by atoms with Crippen LogP contribution in [0.1, 0.15) is 5.56 Å². The van der Waals surface area contributed by atoms with Crippen molar-refractivity contribution in [3.8, 4) is 0 Å². The van der Waals surface area contributed by atoms with Crippen LogP contribution in [0.15, 0.2) is 59.7 Å². The summed E-state index contributed by atoms with van der Waals surface area (Å²) in [6.45, 7) is -0.323. The second-order valence-electron chi connectivity index (χ2n) is 5.31. The number of anilines is 1. The van der Waals surface area contributed by atoms with Crippen molar-refractivity contribution in [2.45, 2.75) is 0 Å². The summed E-state index contributed by atoms with van der Waals surface area (Å²) in [6, 6.07) is 12.5. The molecule has 3 amide bonds. The van der Waals surface area contributed by atoms with Gasteiger partial charge in [0.1, 0.15) is 6.54 Å². The highest BCUT2D eigenvalue weighted by molar-refractivity contribution is 6.33. The molecule has 0 unspecified atom stereocenters. The van der Waals surface area contributed by atoms with Crippen LogP contribution in [0.4, 0.5) is 16.2 Å². The Morgan fingerprint density at radius 3 is 2.61 bits per heavy atom. The van der Waals surface area contributed by atoms with Crippen molar-refractivity contribution in [2.75, 3.05) is 11.9 Å². The molecule has 3 N–H and O–H groups in total. The molecule has 2 rings (SSSR count). The average Bonchev–Trinajstić information content (AvgIpc) is 2.68. The third-order valence-corrected chi connectivity index (χ3v) is 3.57. The number of benzene rings is 2. The summed E-state index contributed by atoms with van der Waals surface area (Å²) in [5.41, 5.74) is 3.22. The maximum absolute atomic E-state index is 11.8. The van der Waals surface area contributed by atoms with Gasteiger partial charge in [-0.15, -0.1) is 0 Å². The Hall–Kier alpha value is -3.72. The SMILES string of the molecule is O=C(CNC(=O)Nc1ccc([N+](=O)[O-])cc1Cl)NN=CC=Cc1ccccc1. The number of carbonyl (C=O) groups is 2. The van der Waals surface area contributed by atoms with Crippen LogP contribution >= 0.6 is 11.6 Å². The number of hydrazone groups is 1. The van der Waals surface area contributed by atoms with Gasteiger partial charge in [-0.2, -0.15) is 5.10 Å². The van der Waals surface area contributed by atoms with Gasteiger partial charge in [0.25, 0.3) is 11.6 Å². The molecule has 0 spiro atoms. The van der Waals surface area contributed by atoms with Gasteiger partial charge in [-0.05, 0) is 17.7 Å². The van der Waals surface area contributed by atoms with Crippen LogP contribution in [0, 0.1) is 10.1 Å². The van der Waals surface area contributed by atoms with Crippen molar-refractivity contribution in [1.29, 1.82) is 0 Å². The average molecular weight is 402 g/mol. The molecule has 144 valence electrons. The van der Waals surface area contributed by atoms with E-state index < -0.39 is 16.9 Å². The van der Waals surface area contributed by atoms with Gasteiger partial charge in [0.05, 0.1) is 15.6 Å². The molecule has 0 aliphatic carbocycles. The maximum Gasteiger partial charge on any atom is 0.319 e. The number of halogens is 1. The van der Waals surface area contributed by atoms with Crippen molar-refractivity contribution in [3.63, 3.8) is 0 Å². The van der Waals surface area contributed by atoms with Crippen molar-refractivity contribution in [2.24, 2.45) is 5.10 Å². The van der Waals surface area contributed by atoms with Crippen molar-refractivity contribution in [3.05, 3.63) is 75.3 Å². The van der Waals surface area contributed by atoms with Crippen LogP contribution in [0.5, 0.6) is 0 Å². The zero-order valence-corrected chi connectivity index (χ0v) is 15.2. The van der Waals surface area contributed by atoms with Crippen molar-refractivity contribution < 1.29 is 14.5 Å². The highest BCUT2D eigenvalue weighted by atomic mass is 35.5. The van der Waals surface area contributed by atoms with Gasteiger partial charge >= 0.3 is 6.03 Å². The summed E-state index contributed by atoms with van der Waals surface area (Å²) in [5.74, 6) is -0.533. The Balaban J connectivity index is 1.73. The van der Waals surface area contributed by atoms with E-state index in [0.717, 1.165) is 11.6 Å². The first-order valence-corrected chi connectivity index (χ1v) is 8.36. The molecule has 0 aliphatic rings. The standard InChI is InChI=1S/C18H16ClN5O4/c19-15-11-14(24(27)28)8-9-16(15)22-18(26)20-12-17(25)23-21-10-4-7-13-5-2-1-3-6-13/h1-11H,12H2,(H,23,25)(H2,20,22,26). The van der Waals surface area contributed by atoms with Crippen LogP contribution in [0.25, 0.3) is 6.08 Å². The maximum atomic E-state index is 11.8. The molecule has 9 nitrogen and oxygen atoms in total. The molecule has 2 aromatic rings. The molecule has 0 bridgehead atoms. The number of non-ortho nitro benzene ring substituents is 1. The quantitative estimate of drug-likeness (QED) is 0.374. The Kier molecular flexibility index (Phi) is 7.67. The van der Waals surface area contributed by atoms with Gasteiger partial charge in [0.15, 0.2) is 0 Å². The lowest BCUT2D eigenvalue weighted by Crippen LogP contribution is -2.37. The van der Waals surface area contributed by atoms with E-state index in [1.165, 1.54) is 18.3 Å². The Bertz CT molecular complexity index is 915. The zero-order valence-electron chi connectivity index (χ0n) is 14.5. The first-order valence-electron chi connectivity index (χ1n) is 7.98. The van der Waals surface area contributed by atoms with Gasteiger partial charge in [0, 0.05) is 18.3 Å². The van der Waals surface area contributed by atoms with Crippen LogP contribution in [0.3, 0.4) is 0 Å². The molecule has 0 atom stereocenters. The molecule has 0 heterocycles. The van der Waals surface area contributed by atoms with E-state index in [1.807, 2.05) is 36.4 Å².